The van der Waals surface area contributed by atoms with Crippen LogP contribution in [-0.2, 0) is 30.9 Å². The molecule has 0 bridgehead atoms. The number of benzene rings is 2. The normalized spacial score (nSPS) is 16.9. The van der Waals surface area contributed by atoms with Crippen molar-refractivity contribution in [2.45, 2.75) is 17.7 Å². The Kier molecular flexibility index (Phi) is 7.03. The standard InChI is InChI=1S/C19H19ClFN3O5S/c20-16-4-2-1-3-13(16)11-22-18(25)19(26)23-12-17-24(9-10-29-17)30(27,28)15-7-5-14(21)6-8-15/h1-8,17H,9-12H2,(H,22,25)(H,23,26)/t17-/m0/s1. The lowest BCUT2D eigenvalue weighted by molar-refractivity contribution is -0.139. The molecule has 0 unspecified atom stereocenters. The van der Waals surface area contributed by atoms with E-state index in [0.717, 1.165) is 28.6 Å². The van der Waals surface area contributed by atoms with Gasteiger partial charge in [0.2, 0.25) is 10.0 Å². The number of hydrogen-bond donors (Lipinski definition) is 2. The highest BCUT2D eigenvalue weighted by molar-refractivity contribution is 7.89. The predicted octanol–water partition coefficient (Wildman–Crippen LogP) is 1.26. The molecule has 1 saturated heterocycles. The quantitative estimate of drug-likeness (QED) is 0.638. The molecule has 2 amide bonds. The van der Waals surface area contributed by atoms with Gasteiger partial charge in [0.15, 0.2) is 0 Å². The van der Waals surface area contributed by atoms with E-state index in [-0.39, 0.29) is 31.1 Å². The Morgan fingerprint density at radius 3 is 2.47 bits per heavy atom. The summed E-state index contributed by atoms with van der Waals surface area (Å²) in [6, 6.07) is 11.3. The molecule has 0 spiro atoms. The molecule has 160 valence electrons. The van der Waals surface area contributed by atoms with Crippen LogP contribution in [0, 0.1) is 5.82 Å². The zero-order valence-corrected chi connectivity index (χ0v) is 17.2. The molecule has 0 saturated carbocycles. The van der Waals surface area contributed by atoms with Crippen LogP contribution in [0.3, 0.4) is 0 Å². The SMILES string of the molecule is O=C(NCc1ccccc1Cl)C(=O)NC[C@@H]1OCCN1S(=O)(=O)c1ccc(F)cc1. The van der Waals surface area contributed by atoms with Crippen LogP contribution in [0.2, 0.25) is 5.02 Å². The third kappa shape index (κ3) is 5.14. The summed E-state index contributed by atoms with van der Waals surface area (Å²) >= 11 is 6.00. The number of halogens is 2. The molecular weight excluding hydrogens is 437 g/mol. The minimum Gasteiger partial charge on any atom is -0.359 e. The van der Waals surface area contributed by atoms with Gasteiger partial charge in [-0.1, -0.05) is 29.8 Å². The zero-order valence-electron chi connectivity index (χ0n) is 15.7. The summed E-state index contributed by atoms with van der Waals surface area (Å²) in [5.41, 5.74) is 0.649. The van der Waals surface area contributed by atoms with Crippen LogP contribution in [0.5, 0.6) is 0 Å². The van der Waals surface area contributed by atoms with Gasteiger partial charge in [-0.15, -0.1) is 0 Å². The fourth-order valence-electron chi connectivity index (χ4n) is 2.84. The molecule has 2 aromatic rings. The molecule has 30 heavy (non-hydrogen) atoms. The molecule has 1 atom stereocenters. The molecule has 1 aliphatic rings. The topological polar surface area (TPSA) is 105 Å². The highest BCUT2D eigenvalue weighted by atomic mass is 35.5. The van der Waals surface area contributed by atoms with Crippen molar-refractivity contribution in [1.29, 1.82) is 0 Å². The van der Waals surface area contributed by atoms with Crippen molar-refractivity contribution >= 4 is 33.4 Å². The fourth-order valence-corrected chi connectivity index (χ4v) is 4.55. The molecule has 1 heterocycles. The summed E-state index contributed by atoms with van der Waals surface area (Å²) in [4.78, 5) is 23.9. The number of rotatable bonds is 6. The van der Waals surface area contributed by atoms with E-state index in [1.807, 2.05) is 0 Å². The lowest BCUT2D eigenvalue weighted by Crippen LogP contribution is -2.47. The minimum absolute atomic E-state index is 0.0664. The molecule has 0 radical (unpaired) electrons. The number of hydrogen-bond acceptors (Lipinski definition) is 5. The Morgan fingerprint density at radius 2 is 1.77 bits per heavy atom. The van der Waals surface area contributed by atoms with Crippen LogP contribution in [0.4, 0.5) is 4.39 Å². The largest absolute Gasteiger partial charge is 0.359 e. The summed E-state index contributed by atoms with van der Waals surface area (Å²) < 4.78 is 45.0. The van der Waals surface area contributed by atoms with Gasteiger partial charge in [-0.25, -0.2) is 12.8 Å². The van der Waals surface area contributed by atoms with Crippen LogP contribution in [0.1, 0.15) is 5.56 Å². The van der Waals surface area contributed by atoms with Crippen LogP contribution >= 0.6 is 11.6 Å². The minimum atomic E-state index is -3.95. The van der Waals surface area contributed by atoms with Gasteiger partial charge in [-0.2, -0.15) is 4.31 Å². The zero-order chi connectivity index (χ0) is 21.7. The van der Waals surface area contributed by atoms with E-state index in [9.17, 15) is 22.4 Å². The number of nitrogens with one attached hydrogen (secondary N) is 2. The summed E-state index contributed by atoms with van der Waals surface area (Å²) in [6.45, 7) is 0.0360. The van der Waals surface area contributed by atoms with E-state index in [4.69, 9.17) is 16.3 Å². The number of nitrogens with zero attached hydrogens (tertiary/aromatic N) is 1. The maximum absolute atomic E-state index is 13.1. The van der Waals surface area contributed by atoms with Crippen molar-refractivity contribution in [3.05, 3.63) is 64.9 Å². The number of carbonyl (C=O) groups excluding carboxylic acids is 2. The Morgan fingerprint density at radius 1 is 1.10 bits per heavy atom. The lowest BCUT2D eigenvalue weighted by atomic mass is 10.2. The highest BCUT2D eigenvalue weighted by Gasteiger charge is 2.36. The third-order valence-corrected chi connectivity index (χ3v) is 6.68. The van der Waals surface area contributed by atoms with Gasteiger partial charge >= 0.3 is 11.8 Å². The second kappa shape index (κ2) is 9.52. The van der Waals surface area contributed by atoms with Crippen LogP contribution in [-0.4, -0.2) is 50.5 Å². The van der Waals surface area contributed by atoms with Crippen LogP contribution in [0.25, 0.3) is 0 Å². The van der Waals surface area contributed by atoms with Gasteiger partial charge in [0.25, 0.3) is 0 Å². The van der Waals surface area contributed by atoms with Gasteiger partial charge < -0.3 is 15.4 Å². The maximum Gasteiger partial charge on any atom is 0.309 e. The van der Waals surface area contributed by atoms with Crippen molar-refractivity contribution in [3.63, 3.8) is 0 Å². The molecule has 1 aliphatic heterocycles. The molecule has 1 fully saturated rings. The average molecular weight is 456 g/mol. The Labute approximate surface area is 178 Å². The van der Waals surface area contributed by atoms with Crippen LogP contribution in [0.15, 0.2) is 53.4 Å². The van der Waals surface area contributed by atoms with Crippen molar-refractivity contribution in [2.24, 2.45) is 0 Å². The summed E-state index contributed by atoms with van der Waals surface area (Å²) in [7, 11) is -3.95. The van der Waals surface area contributed by atoms with Crippen LogP contribution < -0.4 is 10.6 Å². The molecule has 0 aliphatic carbocycles. The second-order valence-corrected chi connectivity index (χ2v) is 8.68. The Hall–Kier alpha value is -2.53. The summed E-state index contributed by atoms with van der Waals surface area (Å²) in [5, 5.41) is 5.26. The molecule has 3 rings (SSSR count). The first-order chi connectivity index (χ1) is 14.3. The van der Waals surface area contributed by atoms with Gasteiger partial charge in [0, 0.05) is 18.1 Å². The molecule has 11 heteroatoms. The first-order valence-corrected chi connectivity index (χ1v) is 10.8. The average Bonchev–Trinajstić information content (AvgIpc) is 3.21. The summed E-state index contributed by atoms with van der Waals surface area (Å²) in [5.74, 6) is -2.38. The first-order valence-electron chi connectivity index (χ1n) is 8.97. The third-order valence-electron chi connectivity index (χ3n) is 4.40. The van der Waals surface area contributed by atoms with Gasteiger partial charge in [-0.05, 0) is 35.9 Å². The maximum atomic E-state index is 13.1. The second-order valence-electron chi connectivity index (χ2n) is 6.38. The first kappa shape index (κ1) is 22.2. The van der Waals surface area contributed by atoms with Crippen molar-refractivity contribution in [3.8, 4) is 0 Å². The lowest BCUT2D eigenvalue weighted by Gasteiger charge is -2.22. The van der Waals surface area contributed by atoms with E-state index in [1.165, 1.54) is 0 Å². The summed E-state index contributed by atoms with van der Waals surface area (Å²) in [6.07, 6.45) is -0.986. The Balaban J connectivity index is 1.56. The molecule has 2 aromatic carbocycles. The van der Waals surface area contributed by atoms with E-state index >= 15 is 0 Å². The predicted molar refractivity (Wildman–Crippen MR) is 106 cm³/mol. The molecule has 2 N–H and O–H groups in total. The number of amides is 2. The molecule has 8 nitrogen and oxygen atoms in total. The van der Waals surface area contributed by atoms with Gasteiger partial charge in [-0.3, -0.25) is 9.59 Å². The highest BCUT2D eigenvalue weighted by Crippen LogP contribution is 2.22. The number of carbonyl (C=O) groups is 2. The Bertz CT molecular complexity index is 1030. The van der Waals surface area contributed by atoms with Crippen molar-refractivity contribution < 1.29 is 27.1 Å². The molecule has 0 aromatic heterocycles. The van der Waals surface area contributed by atoms with Gasteiger partial charge in [0.1, 0.15) is 12.0 Å². The van der Waals surface area contributed by atoms with E-state index in [0.29, 0.717) is 10.6 Å². The molecular formula is C19H19ClFN3O5S. The van der Waals surface area contributed by atoms with Gasteiger partial charge in [0.05, 0.1) is 18.0 Å². The van der Waals surface area contributed by atoms with E-state index in [1.54, 1.807) is 24.3 Å². The fraction of sp³-hybridized carbons (Fsp3) is 0.263. The van der Waals surface area contributed by atoms with E-state index in [2.05, 4.69) is 10.6 Å². The van der Waals surface area contributed by atoms with Crippen molar-refractivity contribution in [1.82, 2.24) is 14.9 Å². The van der Waals surface area contributed by atoms with Crippen molar-refractivity contribution in [2.75, 3.05) is 19.7 Å². The van der Waals surface area contributed by atoms with E-state index < -0.39 is 33.9 Å². The number of ether oxygens (including phenoxy) is 1. The monoisotopic (exact) mass is 455 g/mol. The number of sulfonamides is 1. The smallest absolute Gasteiger partial charge is 0.309 e.